The van der Waals surface area contributed by atoms with E-state index in [1.807, 2.05) is 29.7 Å². The first-order valence-electron chi connectivity index (χ1n) is 7.29. The molecule has 3 heteroatoms. The summed E-state index contributed by atoms with van der Waals surface area (Å²) in [7, 11) is 0. The van der Waals surface area contributed by atoms with E-state index in [0.717, 1.165) is 22.6 Å². The van der Waals surface area contributed by atoms with Crippen LogP contribution >= 0.6 is 0 Å². The highest BCUT2D eigenvalue weighted by Crippen LogP contribution is 2.26. The molecular formula is C18H20N2O. The maximum atomic E-state index is 9.72. The van der Waals surface area contributed by atoms with Crippen LogP contribution in [0.25, 0.3) is 16.9 Å². The number of nitrogens with zero attached hydrogens (tertiary/aromatic N) is 2. The molecule has 0 fully saturated rings. The van der Waals surface area contributed by atoms with E-state index < -0.39 is 0 Å². The van der Waals surface area contributed by atoms with E-state index in [-0.39, 0.29) is 6.61 Å². The minimum atomic E-state index is -0.0223. The van der Waals surface area contributed by atoms with Crippen LogP contribution in [-0.4, -0.2) is 14.5 Å². The molecule has 0 aliphatic heterocycles. The van der Waals surface area contributed by atoms with E-state index >= 15 is 0 Å². The molecule has 21 heavy (non-hydrogen) atoms. The fourth-order valence-corrected chi connectivity index (χ4v) is 2.61. The predicted molar refractivity (Wildman–Crippen MR) is 85.4 cm³/mol. The van der Waals surface area contributed by atoms with Crippen molar-refractivity contribution in [2.75, 3.05) is 0 Å². The van der Waals surface area contributed by atoms with Crippen LogP contribution in [0, 0.1) is 6.92 Å². The maximum absolute atomic E-state index is 9.72. The molecule has 0 amide bonds. The maximum Gasteiger partial charge on any atom is 0.138 e. The van der Waals surface area contributed by atoms with Gasteiger partial charge in [0.25, 0.3) is 0 Å². The van der Waals surface area contributed by atoms with Crippen molar-refractivity contribution in [1.82, 2.24) is 9.38 Å². The van der Waals surface area contributed by atoms with E-state index in [2.05, 4.69) is 38.1 Å². The van der Waals surface area contributed by atoms with Gasteiger partial charge in [0.15, 0.2) is 0 Å². The molecule has 0 bridgehead atoms. The average molecular weight is 280 g/mol. The summed E-state index contributed by atoms with van der Waals surface area (Å²) >= 11 is 0. The number of aliphatic hydroxyl groups is 1. The van der Waals surface area contributed by atoms with Gasteiger partial charge in [0.2, 0.25) is 0 Å². The number of pyridine rings is 1. The summed E-state index contributed by atoms with van der Waals surface area (Å²) in [5.74, 6) is 0.514. The lowest BCUT2D eigenvalue weighted by Crippen LogP contribution is -1.94. The summed E-state index contributed by atoms with van der Waals surface area (Å²) in [6.07, 6.45) is 1.97. The summed E-state index contributed by atoms with van der Waals surface area (Å²) in [6.45, 7) is 6.39. The van der Waals surface area contributed by atoms with Crippen LogP contribution < -0.4 is 0 Å². The third kappa shape index (κ3) is 2.45. The van der Waals surface area contributed by atoms with E-state index in [9.17, 15) is 5.11 Å². The average Bonchev–Trinajstić information content (AvgIpc) is 2.84. The highest BCUT2D eigenvalue weighted by molar-refractivity contribution is 5.67. The highest BCUT2D eigenvalue weighted by atomic mass is 16.3. The van der Waals surface area contributed by atoms with Gasteiger partial charge in [-0.15, -0.1) is 0 Å². The highest BCUT2D eigenvalue weighted by Gasteiger charge is 2.13. The molecule has 0 radical (unpaired) electrons. The number of aliphatic hydroxyl groups excluding tert-OH is 1. The Morgan fingerprint density at radius 1 is 1.14 bits per heavy atom. The standard InChI is InChI=1S/C18H20N2O/c1-12(2)14-4-6-15(7-5-14)18-16(11-21)20-9-8-13(3)10-17(20)19-18/h4-10,12,21H,11H2,1-3H3. The molecule has 0 spiro atoms. The van der Waals surface area contributed by atoms with Crippen LogP contribution in [0.3, 0.4) is 0 Å². The van der Waals surface area contributed by atoms with Gasteiger partial charge in [-0.05, 0) is 36.1 Å². The minimum Gasteiger partial charge on any atom is -0.390 e. The van der Waals surface area contributed by atoms with Crippen molar-refractivity contribution in [2.24, 2.45) is 0 Å². The Balaban J connectivity index is 2.14. The molecule has 1 aromatic carbocycles. The number of fused-ring (bicyclic) bond motifs is 1. The summed E-state index contributed by atoms with van der Waals surface area (Å²) < 4.78 is 1.96. The Morgan fingerprint density at radius 3 is 2.48 bits per heavy atom. The number of hydrogen-bond donors (Lipinski definition) is 1. The van der Waals surface area contributed by atoms with Gasteiger partial charge in [-0.2, -0.15) is 0 Å². The SMILES string of the molecule is Cc1ccn2c(CO)c(-c3ccc(C(C)C)cc3)nc2c1. The normalized spacial score (nSPS) is 11.5. The van der Waals surface area contributed by atoms with Crippen molar-refractivity contribution in [1.29, 1.82) is 0 Å². The molecule has 0 aliphatic carbocycles. The minimum absolute atomic E-state index is 0.0223. The second kappa shape index (κ2) is 5.34. The molecule has 1 N–H and O–H groups in total. The molecule has 3 rings (SSSR count). The first-order valence-corrected chi connectivity index (χ1v) is 7.29. The molecule has 3 aromatic rings. The Hall–Kier alpha value is -2.13. The van der Waals surface area contributed by atoms with Gasteiger partial charge in [0.05, 0.1) is 18.0 Å². The van der Waals surface area contributed by atoms with Crippen molar-refractivity contribution >= 4 is 5.65 Å². The molecule has 0 unspecified atom stereocenters. The zero-order valence-corrected chi connectivity index (χ0v) is 12.7. The molecule has 3 nitrogen and oxygen atoms in total. The number of aromatic nitrogens is 2. The van der Waals surface area contributed by atoms with E-state index in [0.29, 0.717) is 5.92 Å². The second-order valence-electron chi connectivity index (χ2n) is 5.77. The van der Waals surface area contributed by atoms with Gasteiger partial charge < -0.3 is 9.51 Å². The monoisotopic (exact) mass is 280 g/mol. The lowest BCUT2D eigenvalue weighted by molar-refractivity contribution is 0.276. The van der Waals surface area contributed by atoms with Crippen molar-refractivity contribution in [3.05, 3.63) is 59.4 Å². The molecule has 108 valence electrons. The molecule has 0 aliphatic rings. The number of imidazole rings is 1. The Labute approximate surface area is 124 Å². The van der Waals surface area contributed by atoms with Gasteiger partial charge >= 0.3 is 0 Å². The van der Waals surface area contributed by atoms with E-state index in [1.54, 1.807) is 0 Å². The summed E-state index contributed by atoms with van der Waals surface area (Å²) in [4.78, 5) is 4.69. The first kappa shape index (κ1) is 13.8. The van der Waals surface area contributed by atoms with Crippen LogP contribution in [0.15, 0.2) is 42.6 Å². The Bertz CT molecular complexity index is 770. The van der Waals surface area contributed by atoms with Crippen LogP contribution in [0.2, 0.25) is 0 Å². The summed E-state index contributed by atoms with van der Waals surface area (Å²) in [6, 6.07) is 12.5. The number of rotatable bonds is 3. The number of benzene rings is 1. The van der Waals surface area contributed by atoms with Crippen LogP contribution in [0.5, 0.6) is 0 Å². The number of aryl methyl sites for hydroxylation is 1. The van der Waals surface area contributed by atoms with Crippen molar-refractivity contribution in [3.63, 3.8) is 0 Å². The molecular weight excluding hydrogens is 260 g/mol. The van der Waals surface area contributed by atoms with Crippen LogP contribution in [0.1, 0.15) is 36.6 Å². The van der Waals surface area contributed by atoms with Crippen molar-refractivity contribution in [2.45, 2.75) is 33.3 Å². The van der Waals surface area contributed by atoms with E-state index in [1.165, 1.54) is 11.1 Å². The van der Waals surface area contributed by atoms with Gasteiger partial charge in [0.1, 0.15) is 5.65 Å². The predicted octanol–water partition coefficient (Wildman–Crippen LogP) is 3.93. The summed E-state index contributed by atoms with van der Waals surface area (Å²) in [5.41, 5.74) is 6.09. The first-order chi connectivity index (χ1) is 10.1. The molecule has 0 atom stereocenters. The van der Waals surface area contributed by atoms with Gasteiger partial charge in [-0.3, -0.25) is 0 Å². The van der Waals surface area contributed by atoms with Crippen LogP contribution in [-0.2, 0) is 6.61 Å². The fraction of sp³-hybridized carbons (Fsp3) is 0.278. The van der Waals surface area contributed by atoms with Crippen LogP contribution in [0.4, 0.5) is 0 Å². The third-order valence-corrected chi connectivity index (χ3v) is 3.88. The van der Waals surface area contributed by atoms with Crippen molar-refractivity contribution < 1.29 is 5.11 Å². The molecule has 0 saturated carbocycles. The Morgan fingerprint density at radius 2 is 1.86 bits per heavy atom. The second-order valence-corrected chi connectivity index (χ2v) is 5.77. The lowest BCUT2D eigenvalue weighted by Gasteiger charge is -2.06. The molecule has 2 heterocycles. The van der Waals surface area contributed by atoms with E-state index in [4.69, 9.17) is 4.98 Å². The topological polar surface area (TPSA) is 37.5 Å². The largest absolute Gasteiger partial charge is 0.390 e. The Kier molecular flexibility index (Phi) is 3.52. The summed E-state index contributed by atoms with van der Waals surface area (Å²) in [5, 5.41) is 9.72. The fourth-order valence-electron chi connectivity index (χ4n) is 2.61. The molecule has 0 saturated heterocycles. The van der Waals surface area contributed by atoms with Gasteiger partial charge in [0, 0.05) is 11.8 Å². The zero-order valence-electron chi connectivity index (χ0n) is 12.7. The van der Waals surface area contributed by atoms with Crippen molar-refractivity contribution in [3.8, 4) is 11.3 Å². The lowest BCUT2D eigenvalue weighted by atomic mass is 10.0. The zero-order chi connectivity index (χ0) is 15.0. The quantitative estimate of drug-likeness (QED) is 0.789. The molecule has 2 aromatic heterocycles. The van der Waals surface area contributed by atoms with Gasteiger partial charge in [-0.25, -0.2) is 4.98 Å². The van der Waals surface area contributed by atoms with Gasteiger partial charge in [-0.1, -0.05) is 38.1 Å². The smallest absolute Gasteiger partial charge is 0.138 e. The third-order valence-electron chi connectivity index (χ3n) is 3.88. The number of hydrogen-bond acceptors (Lipinski definition) is 2.